The summed E-state index contributed by atoms with van der Waals surface area (Å²) in [6, 6.07) is 14.5. The van der Waals surface area contributed by atoms with Gasteiger partial charge in [-0.25, -0.2) is 9.97 Å². The van der Waals surface area contributed by atoms with Crippen molar-refractivity contribution in [2.75, 3.05) is 18.0 Å². The summed E-state index contributed by atoms with van der Waals surface area (Å²) in [5.74, 6) is 1.10. The second-order valence-corrected chi connectivity index (χ2v) is 6.05. The van der Waals surface area contributed by atoms with Crippen LogP contribution in [0.3, 0.4) is 0 Å². The summed E-state index contributed by atoms with van der Waals surface area (Å²) < 4.78 is 0. The Hall–Kier alpha value is -1.94. The lowest BCUT2D eigenvalue weighted by Crippen LogP contribution is -2.18. The van der Waals surface area contributed by atoms with Gasteiger partial charge in [-0.3, -0.25) is 0 Å². The third-order valence-corrected chi connectivity index (χ3v) is 4.71. The van der Waals surface area contributed by atoms with Crippen molar-refractivity contribution < 1.29 is 0 Å². The summed E-state index contributed by atoms with van der Waals surface area (Å²) in [6.07, 6.45) is 2.55. The molecule has 0 unspecified atom stereocenters. The molecular formula is C16H15N3S. The topological polar surface area (TPSA) is 29.0 Å². The molecule has 1 fully saturated rings. The molecule has 3 aromatic rings. The number of benzene rings is 1. The summed E-state index contributed by atoms with van der Waals surface area (Å²) in [5, 5.41) is 1.05. The first-order valence-corrected chi connectivity index (χ1v) is 7.80. The molecule has 1 aliphatic heterocycles. The lowest BCUT2D eigenvalue weighted by Gasteiger charge is -2.15. The van der Waals surface area contributed by atoms with Crippen LogP contribution in [0, 0.1) is 0 Å². The molecule has 4 heteroatoms. The molecule has 0 radical (unpaired) electrons. The van der Waals surface area contributed by atoms with E-state index in [1.165, 1.54) is 18.4 Å². The second-order valence-electron chi connectivity index (χ2n) is 5.07. The highest BCUT2D eigenvalue weighted by Gasteiger charge is 2.15. The summed E-state index contributed by atoms with van der Waals surface area (Å²) in [7, 11) is 0. The van der Waals surface area contributed by atoms with E-state index in [9.17, 15) is 0 Å². The van der Waals surface area contributed by atoms with Gasteiger partial charge in [0.25, 0.3) is 0 Å². The zero-order valence-corrected chi connectivity index (χ0v) is 11.9. The first kappa shape index (κ1) is 11.9. The summed E-state index contributed by atoms with van der Waals surface area (Å²) in [4.78, 5) is 12.9. The highest BCUT2D eigenvalue weighted by molar-refractivity contribution is 7.21. The fourth-order valence-electron chi connectivity index (χ4n) is 2.63. The number of aromatic nitrogens is 2. The molecule has 0 bridgehead atoms. The van der Waals surface area contributed by atoms with Gasteiger partial charge < -0.3 is 4.90 Å². The molecule has 1 aliphatic rings. The zero-order chi connectivity index (χ0) is 13.4. The van der Waals surface area contributed by atoms with Crippen LogP contribution in [-0.2, 0) is 0 Å². The maximum absolute atomic E-state index is 4.79. The standard InChI is InChI=1S/C16H15N3S/c1-2-6-12(7-3-1)15-17-13-8-9-14(18-16(13)20-15)19-10-4-5-11-19/h1-3,6-9H,4-5,10-11H2. The molecule has 0 saturated carbocycles. The van der Waals surface area contributed by atoms with Crippen molar-refractivity contribution in [3.05, 3.63) is 42.5 Å². The molecule has 0 N–H and O–H groups in total. The van der Waals surface area contributed by atoms with Gasteiger partial charge in [0.1, 0.15) is 21.2 Å². The Morgan fingerprint density at radius 1 is 0.900 bits per heavy atom. The van der Waals surface area contributed by atoms with Gasteiger partial charge in [0.15, 0.2) is 0 Å². The molecule has 3 nitrogen and oxygen atoms in total. The molecule has 2 aromatic heterocycles. The van der Waals surface area contributed by atoms with E-state index < -0.39 is 0 Å². The maximum Gasteiger partial charge on any atom is 0.146 e. The van der Waals surface area contributed by atoms with Crippen LogP contribution in [0.25, 0.3) is 20.9 Å². The highest BCUT2D eigenvalue weighted by atomic mass is 32.1. The Bertz CT molecular complexity index is 730. The molecule has 1 aromatic carbocycles. The van der Waals surface area contributed by atoms with E-state index in [2.05, 4.69) is 34.1 Å². The predicted octanol–water partition coefficient (Wildman–Crippen LogP) is 3.96. The van der Waals surface area contributed by atoms with Gasteiger partial charge in [0, 0.05) is 18.7 Å². The third-order valence-electron chi connectivity index (χ3n) is 3.69. The second kappa shape index (κ2) is 4.87. The molecule has 1 saturated heterocycles. The van der Waals surface area contributed by atoms with Gasteiger partial charge >= 0.3 is 0 Å². The first-order chi connectivity index (χ1) is 9.90. The SMILES string of the molecule is c1ccc(-c2nc3ccc(N4CCCC4)nc3s2)cc1. The van der Waals surface area contributed by atoms with E-state index in [0.29, 0.717) is 0 Å². The van der Waals surface area contributed by atoms with Gasteiger partial charge in [-0.2, -0.15) is 0 Å². The van der Waals surface area contributed by atoms with E-state index in [1.54, 1.807) is 11.3 Å². The first-order valence-electron chi connectivity index (χ1n) is 6.98. The van der Waals surface area contributed by atoms with Crippen molar-refractivity contribution in [2.45, 2.75) is 12.8 Å². The lowest BCUT2D eigenvalue weighted by atomic mass is 10.2. The lowest BCUT2D eigenvalue weighted by molar-refractivity contribution is 0.945. The molecule has 100 valence electrons. The number of rotatable bonds is 2. The summed E-state index contributed by atoms with van der Waals surface area (Å²) in [6.45, 7) is 2.26. The van der Waals surface area contributed by atoms with Crippen LogP contribution >= 0.6 is 11.3 Å². The van der Waals surface area contributed by atoms with Crippen LogP contribution in [0.5, 0.6) is 0 Å². The molecule has 0 spiro atoms. The normalized spacial score (nSPS) is 15.1. The van der Waals surface area contributed by atoms with Crippen molar-refractivity contribution in [2.24, 2.45) is 0 Å². The van der Waals surface area contributed by atoms with E-state index in [1.807, 2.05) is 18.2 Å². The quantitative estimate of drug-likeness (QED) is 0.712. The Balaban J connectivity index is 1.76. The summed E-state index contributed by atoms with van der Waals surface area (Å²) >= 11 is 1.67. The molecular weight excluding hydrogens is 266 g/mol. The Kier molecular flexibility index (Phi) is 2.89. The van der Waals surface area contributed by atoms with Crippen molar-refractivity contribution in [1.29, 1.82) is 0 Å². The summed E-state index contributed by atoms with van der Waals surface area (Å²) in [5.41, 5.74) is 2.16. The van der Waals surface area contributed by atoms with Crippen molar-refractivity contribution >= 4 is 27.5 Å². The van der Waals surface area contributed by atoms with Gasteiger partial charge in [-0.05, 0) is 25.0 Å². The minimum absolute atomic E-state index is 0.997. The van der Waals surface area contributed by atoms with E-state index in [-0.39, 0.29) is 0 Å². The van der Waals surface area contributed by atoms with E-state index in [4.69, 9.17) is 4.98 Å². The van der Waals surface area contributed by atoms with Crippen molar-refractivity contribution in [1.82, 2.24) is 9.97 Å². The number of thiazole rings is 1. The van der Waals surface area contributed by atoms with Crippen molar-refractivity contribution in [3.63, 3.8) is 0 Å². The molecule has 20 heavy (non-hydrogen) atoms. The zero-order valence-electron chi connectivity index (χ0n) is 11.1. The van der Waals surface area contributed by atoms with Crippen LogP contribution in [0.15, 0.2) is 42.5 Å². The van der Waals surface area contributed by atoms with E-state index in [0.717, 1.165) is 34.3 Å². The third kappa shape index (κ3) is 2.06. The van der Waals surface area contributed by atoms with Crippen LogP contribution < -0.4 is 4.90 Å². The average molecular weight is 281 g/mol. The Labute approximate surface area is 121 Å². The largest absolute Gasteiger partial charge is 0.357 e. The number of pyridine rings is 1. The number of hydrogen-bond donors (Lipinski definition) is 0. The van der Waals surface area contributed by atoms with Crippen LogP contribution in [0.4, 0.5) is 5.82 Å². The maximum atomic E-state index is 4.79. The van der Waals surface area contributed by atoms with Gasteiger partial charge in [-0.15, -0.1) is 0 Å². The molecule has 4 rings (SSSR count). The molecule has 0 amide bonds. The van der Waals surface area contributed by atoms with Crippen LogP contribution in [-0.4, -0.2) is 23.1 Å². The smallest absolute Gasteiger partial charge is 0.146 e. The number of anilines is 1. The Morgan fingerprint density at radius 2 is 1.70 bits per heavy atom. The molecule has 0 aliphatic carbocycles. The number of nitrogens with zero attached hydrogens (tertiary/aromatic N) is 3. The highest BCUT2D eigenvalue weighted by Crippen LogP contribution is 2.30. The predicted molar refractivity (Wildman–Crippen MR) is 84.3 cm³/mol. The van der Waals surface area contributed by atoms with Crippen LogP contribution in [0.1, 0.15) is 12.8 Å². The van der Waals surface area contributed by atoms with Gasteiger partial charge in [0.2, 0.25) is 0 Å². The van der Waals surface area contributed by atoms with Crippen LogP contribution in [0.2, 0.25) is 0 Å². The van der Waals surface area contributed by atoms with Gasteiger partial charge in [-0.1, -0.05) is 41.7 Å². The monoisotopic (exact) mass is 281 g/mol. The Morgan fingerprint density at radius 3 is 2.50 bits per heavy atom. The number of fused-ring (bicyclic) bond motifs is 1. The fourth-order valence-corrected chi connectivity index (χ4v) is 3.57. The van der Waals surface area contributed by atoms with Gasteiger partial charge in [0.05, 0.1) is 0 Å². The minimum atomic E-state index is 0.997. The molecule has 0 atom stereocenters. The number of hydrogen-bond acceptors (Lipinski definition) is 4. The van der Waals surface area contributed by atoms with Crippen molar-refractivity contribution in [3.8, 4) is 10.6 Å². The fraction of sp³-hybridized carbons (Fsp3) is 0.250. The average Bonchev–Trinajstić information content (AvgIpc) is 3.16. The molecule has 3 heterocycles. The minimum Gasteiger partial charge on any atom is -0.357 e. The van der Waals surface area contributed by atoms with E-state index >= 15 is 0 Å².